The number of sulfonamides is 1. The normalized spacial score (nSPS) is 21.1. The molecular weight excluding hydrogens is 358 g/mol. The standard InChI is InChI=1S/C17H23N3O5S/c1-12(21)18-10-16-11-25-17(22)20(16)15-4-3-13-5-7-19(26(2,23)24)8-6-14(13)9-15/h3-4,9,16H,5-8,10-11H2,1-2H3,(H,18,21). The Labute approximate surface area is 153 Å². The molecule has 2 amide bonds. The molecule has 2 aliphatic rings. The fourth-order valence-corrected chi connectivity index (χ4v) is 4.21. The molecule has 1 aromatic rings. The number of ether oxygens (including phenoxy) is 1. The molecule has 1 fully saturated rings. The number of cyclic esters (lactones) is 1. The quantitative estimate of drug-likeness (QED) is 0.820. The second-order valence-corrected chi connectivity index (χ2v) is 8.64. The van der Waals surface area contributed by atoms with Crippen LogP contribution in [0, 0.1) is 0 Å². The van der Waals surface area contributed by atoms with Gasteiger partial charge in [0.05, 0.1) is 12.3 Å². The van der Waals surface area contributed by atoms with Crippen LogP contribution in [0.1, 0.15) is 18.1 Å². The van der Waals surface area contributed by atoms with E-state index in [9.17, 15) is 18.0 Å². The van der Waals surface area contributed by atoms with Crippen LogP contribution in [-0.2, 0) is 32.4 Å². The van der Waals surface area contributed by atoms with Crippen LogP contribution in [0.15, 0.2) is 18.2 Å². The Morgan fingerprint density at radius 1 is 1.27 bits per heavy atom. The molecule has 2 aliphatic heterocycles. The number of nitrogens with zero attached hydrogens (tertiary/aromatic N) is 2. The molecule has 2 heterocycles. The van der Waals surface area contributed by atoms with Crippen molar-refractivity contribution in [3.05, 3.63) is 29.3 Å². The van der Waals surface area contributed by atoms with E-state index >= 15 is 0 Å². The average Bonchev–Trinajstić information content (AvgIpc) is 2.79. The highest BCUT2D eigenvalue weighted by molar-refractivity contribution is 7.88. The summed E-state index contributed by atoms with van der Waals surface area (Å²) in [6.45, 7) is 2.85. The first-order chi connectivity index (χ1) is 12.3. The zero-order valence-corrected chi connectivity index (χ0v) is 15.7. The number of carbonyl (C=O) groups is 2. The zero-order chi connectivity index (χ0) is 18.9. The smallest absolute Gasteiger partial charge is 0.414 e. The van der Waals surface area contributed by atoms with E-state index in [2.05, 4.69) is 5.32 Å². The van der Waals surface area contributed by atoms with Crippen LogP contribution in [0.2, 0.25) is 0 Å². The first-order valence-corrected chi connectivity index (χ1v) is 10.4. The summed E-state index contributed by atoms with van der Waals surface area (Å²) in [4.78, 5) is 24.9. The van der Waals surface area contributed by atoms with E-state index in [1.165, 1.54) is 17.5 Å². The van der Waals surface area contributed by atoms with Gasteiger partial charge in [-0.2, -0.15) is 0 Å². The maximum absolute atomic E-state index is 12.2. The summed E-state index contributed by atoms with van der Waals surface area (Å²) >= 11 is 0. The highest BCUT2D eigenvalue weighted by atomic mass is 32.2. The van der Waals surface area contributed by atoms with Gasteiger partial charge in [-0.25, -0.2) is 17.5 Å². The monoisotopic (exact) mass is 381 g/mol. The molecule has 1 atom stereocenters. The SMILES string of the molecule is CC(=O)NCC1COC(=O)N1c1ccc2c(c1)CCN(S(C)(=O)=O)CC2. The van der Waals surface area contributed by atoms with Gasteiger partial charge in [-0.05, 0) is 36.1 Å². The third kappa shape index (κ3) is 3.99. The maximum atomic E-state index is 12.2. The Kier molecular flexibility index (Phi) is 5.19. The van der Waals surface area contributed by atoms with E-state index in [0.717, 1.165) is 11.1 Å². The van der Waals surface area contributed by atoms with Crippen molar-refractivity contribution in [3.63, 3.8) is 0 Å². The van der Waals surface area contributed by atoms with E-state index in [0.29, 0.717) is 38.2 Å². The van der Waals surface area contributed by atoms with Crippen molar-refractivity contribution in [2.45, 2.75) is 25.8 Å². The molecular formula is C17H23N3O5S. The van der Waals surface area contributed by atoms with Crippen molar-refractivity contribution in [2.24, 2.45) is 0 Å². The van der Waals surface area contributed by atoms with Crippen molar-refractivity contribution < 1.29 is 22.7 Å². The summed E-state index contributed by atoms with van der Waals surface area (Å²) in [5.74, 6) is -0.160. The number of rotatable bonds is 4. The fraction of sp³-hybridized carbons (Fsp3) is 0.529. The summed E-state index contributed by atoms with van der Waals surface area (Å²) < 4.78 is 30.2. The Balaban J connectivity index is 1.81. The summed E-state index contributed by atoms with van der Waals surface area (Å²) in [5, 5.41) is 2.72. The van der Waals surface area contributed by atoms with E-state index in [1.807, 2.05) is 18.2 Å². The van der Waals surface area contributed by atoms with Crippen molar-refractivity contribution in [1.29, 1.82) is 0 Å². The number of hydrogen-bond acceptors (Lipinski definition) is 5. The fourth-order valence-electron chi connectivity index (χ4n) is 3.36. The van der Waals surface area contributed by atoms with E-state index in [-0.39, 0.29) is 18.6 Å². The average molecular weight is 381 g/mol. The van der Waals surface area contributed by atoms with Crippen LogP contribution < -0.4 is 10.2 Å². The molecule has 0 radical (unpaired) electrons. The summed E-state index contributed by atoms with van der Waals surface area (Å²) in [5.41, 5.74) is 2.83. The van der Waals surface area contributed by atoms with Gasteiger partial charge < -0.3 is 10.1 Å². The number of nitrogens with one attached hydrogen (secondary N) is 1. The molecule has 1 unspecified atom stereocenters. The molecule has 1 N–H and O–H groups in total. The van der Waals surface area contributed by atoms with Gasteiger partial charge in [-0.3, -0.25) is 9.69 Å². The topological polar surface area (TPSA) is 96.0 Å². The van der Waals surface area contributed by atoms with Crippen LogP contribution in [-0.4, -0.2) is 63.3 Å². The van der Waals surface area contributed by atoms with Crippen molar-refractivity contribution >= 4 is 27.7 Å². The van der Waals surface area contributed by atoms with E-state index < -0.39 is 16.1 Å². The molecule has 0 aromatic heterocycles. The lowest BCUT2D eigenvalue weighted by atomic mass is 10.0. The van der Waals surface area contributed by atoms with Gasteiger partial charge in [-0.15, -0.1) is 0 Å². The molecule has 0 aliphatic carbocycles. The molecule has 3 rings (SSSR count). The molecule has 26 heavy (non-hydrogen) atoms. The van der Waals surface area contributed by atoms with Gasteiger partial charge in [0.25, 0.3) is 0 Å². The summed E-state index contributed by atoms with van der Waals surface area (Å²) in [7, 11) is -3.22. The van der Waals surface area contributed by atoms with Gasteiger partial charge in [0, 0.05) is 32.2 Å². The van der Waals surface area contributed by atoms with Crippen LogP contribution >= 0.6 is 0 Å². The molecule has 0 bridgehead atoms. The first kappa shape index (κ1) is 18.7. The molecule has 1 aromatic carbocycles. The predicted molar refractivity (Wildman–Crippen MR) is 96.6 cm³/mol. The van der Waals surface area contributed by atoms with Crippen LogP contribution in [0.3, 0.4) is 0 Å². The van der Waals surface area contributed by atoms with Crippen molar-refractivity contribution in [3.8, 4) is 0 Å². The minimum absolute atomic E-state index is 0.160. The Hall–Kier alpha value is -2.13. The van der Waals surface area contributed by atoms with Gasteiger partial charge >= 0.3 is 6.09 Å². The lowest BCUT2D eigenvalue weighted by Crippen LogP contribution is -2.42. The Morgan fingerprint density at radius 3 is 2.62 bits per heavy atom. The van der Waals surface area contributed by atoms with E-state index in [1.54, 1.807) is 4.90 Å². The van der Waals surface area contributed by atoms with Gasteiger partial charge in [0.2, 0.25) is 15.9 Å². The number of fused-ring (bicyclic) bond motifs is 1. The molecule has 9 heteroatoms. The Morgan fingerprint density at radius 2 is 1.96 bits per heavy atom. The number of hydrogen-bond donors (Lipinski definition) is 1. The highest BCUT2D eigenvalue weighted by Crippen LogP contribution is 2.27. The zero-order valence-electron chi connectivity index (χ0n) is 14.9. The minimum atomic E-state index is -3.22. The molecule has 142 valence electrons. The Bertz CT molecular complexity index is 824. The predicted octanol–water partition coefficient (Wildman–Crippen LogP) is 0.508. The minimum Gasteiger partial charge on any atom is -0.447 e. The number of carbonyl (C=O) groups excluding carboxylic acids is 2. The van der Waals surface area contributed by atoms with Crippen molar-refractivity contribution in [2.75, 3.05) is 37.4 Å². The van der Waals surface area contributed by atoms with Crippen LogP contribution in [0.4, 0.5) is 10.5 Å². The number of amides is 2. The molecule has 8 nitrogen and oxygen atoms in total. The molecule has 0 spiro atoms. The molecule has 0 saturated carbocycles. The number of anilines is 1. The largest absolute Gasteiger partial charge is 0.447 e. The third-order valence-electron chi connectivity index (χ3n) is 4.75. The third-order valence-corrected chi connectivity index (χ3v) is 6.05. The highest BCUT2D eigenvalue weighted by Gasteiger charge is 2.34. The second-order valence-electron chi connectivity index (χ2n) is 6.65. The summed E-state index contributed by atoms with van der Waals surface area (Å²) in [6.07, 6.45) is 2.02. The molecule has 1 saturated heterocycles. The van der Waals surface area contributed by atoms with Gasteiger partial charge in [0.1, 0.15) is 6.61 Å². The lowest BCUT2D eigenvalue weighted by molar-refractivity contribution is -0.119. The lowest BCUT2D eigenvalue weighted by Gasteiger charge is -2.22. The van der Waals surface area contributed by atoms with Crippen LogP contribution in [0.5, 0.6) is 0 Å². The van der Waals surface area contributed by atoms with Gasteiger partial charge in [0.15, 0.2) is 0 Å². The van der Waals surface area contributed by atoms with Crippen molar-refractivity contribution in [1.82, 2.24) is 9.62 Å². The van der Waals surface area contributed by atoms with Crippen LogP contribution in [0.25, 0.3) is 0 Å². The maximum Gasteiger partial charge on any atom is 0.414 e. The number of benzene rings is 1. The first-order valence-electron chi connectivity index (χ1n) is 8.53. The van der Waals surface area contributed by atoms with Gasteiger partial charge in [-0.1, -0.05) is 6.07 Å². The van der Waals surface area contributed by atoms with E-state index in [4.69, 9.17) is 4.74 Å². The summed E-state index contributed by atoms with van der Waals surface area (Å²) in [6, 6.07) is 5.46. The second kappa shape index (κ2) is 7.24.